The number of hydrogen-bond acceptors (Lipinski definition) is 4. The van der Waals surface area contributed by atoms with Crippen LogP contribution in [0.4, 0.5) is 0 Å². The normalized spacial score (nSPS) is 23.6. The van der Waals surface area contributed by atoms with Crippen LogP contribution < -0.4 is 5.32 Å². The summed E-state index contributed by atoms with van der Waals surface area (Å²) in [5.41, 5.74) is 0. The highest BCUT2D eigenvalue weighted by Gasteiger charge is 2.29. The highest BCUT2D eigenvalue weighted by atomic mass is 35.5. The van der Waals surface area contributed by atoms with Crippen LogP contribution >= 0.6 is 24.0 Å². The van der Waals surface area contributed by atoms with Gasteiger partial charge in [-0.25, -0.2) is 8.42 Å². The van der Waals surface area contributed by atoms with Gasteiger partial charge < -0.3 is 10.2 Å². The number of rotatable bonds is 4. The molecule has 24 heavy (non-hydrogen) atoms. The molecule has 3 rings (SSSR count). The van der Waals surface area contributed by atoms with E-state index >= 15 is 0 Å². The molecule has 0 aliphatic carbocycles. The Morgan fingerprint density at radius 3 is 2.58 bits per heavy atom. The molecule has 2 aliphatic heterocycles. The number of piperidine rings is 1. The van der Waals surface area contributed by atoms with Gasteiger partial charge in [-0.1, -0.05) is 17.7 Å². The summed E-state index contributed by atoms with van der Waals surface area (Å²) in [6.07, 6.45) is 2.52. The molecule has 0 amide bonds. The van der Waals surface area contributed by atoms with Gasteiger partial charge in [0.2, 0.25) is 10.0 Å². The molecule has 2 heterocycles. The standard InChI is InChI=1S/C16H24ClN3O2S.ClH/c17-15-4-1-5-16(11-15)23(21,22)20-9-7-19(8-10-20)13-14-3-2-6-18-12-14;/h1,4-5,11,14,18H,2-3,6-10,12-13H2;1H. The van der Waals surface area contributed by atoms with Crippen LogP contribution in [0.2, 0.25) is 5.02 Å². The Bertz CT molecular complexity index is 628. The molecule has 1 N–H and O–H groups in total. The van der Waals surface area contributed by atoms with Gasteiger partial charge in [0.05, 0.1) is 4.90 Å². The van der Waals surface area contributed by atoms with Crippen LogP contribution in [0.1, 0.15) is 12.8 Å². The third-order valence-electron chi connectivity index (χ3n) is 4.68. The molecule has 8 heteroatoms. The molecule has 1 aromatic carbocycles. The van der Waals surface area contributed by atoms with Gasteiger partial charge in [-0.2, -0.15) is 4.31 Å². The summed E-state index contributed by atoms with van der Waals surface area (Å²) in [5, 5.41) is 3.89. The molecule has 0 radical (unpaired) electrons. The molecule has 2 aliphatic rings. The predicted molar refractivity (Wildman–Crippen MR) is 99.5 cm³/mol. The van der Waals surface area contributed by atoms with Crippen LogP contribution in [-0.2, 0) is 10.0 Å². The van der Waals surface area contributed by atoms with Crippen molar-refractivity contribution in [1.29, 1.82) is 0 Å². The van der Waals surface area contributed by atoms with Gasteiger partial charge in [0.25, 0.3) is 0 Å². The molecule has 1 unspecified atom stereocenters. The molecule has 2 fully saturated rings. The molecule has 0 spiro atoms. The van der Waals surface area contributed by atoms with Crippen molar-refractivity contribution < 1.29 is 8.42 Å². The lowest BCUT2D eigenvalue weighted by molar-refractivity contribution is 0.154. The zero-order valence-electron chi connectivity index (χ0n) is 13.7. The van der Waals surface area contributed by atoms with E-state index in [4.69, 9.17) is 11.6 Å². The molecule has 1 aromatic rings. The number of halogens is 2. The summed E-state index contributed by atoms with van der Waals surface area (Å²) in [6, 6.07) is 6.51. The van der Waals surface area contributed by atoms with Gasteiger partial charge in [0.1, 0.15) is 0 Å². The fourth-order valence-electron chi connectivity index (χ4n) is 3.37. The topological polar surface area (TPSA) is 52.7 Å². The molecule has 2 saturated heterocycles. The van der Waals surface area contributed by atoms with E-state index in [9.17, 15) is 8.42 Å². The minimum absolute atomic E-state index is 0. The van der Waals surface area contributed by atoms with Crippen LogP contribution in [0.25, 0.3) is 0 Å². The SMILES string of the molecule is Cl.O=S(=O)(c1cccc(Cl)c1)N1CCN(CC2CCCNC2)CC1. The summed E-state index contributed by atoms with van der Waals surface area (Å²) in [4.78, 5) is 2.68. The molecule has 0 bridgehead atoms. The molecule has 5 nitrogen and oxygen atoms in total. The van der Waals surface area contributed by atoms with Gasteiger partial charge >= 0.3 is 0 Å². The first kappa shape index (κ1) is 19.9. The number of hydrogen-bond donors (Lipinski definition) is 1. The first-order valence-electron chi connectivity index (χ1n) is 8.24. The van der Waals surface area contributed by atoms with Crippen LogP contribution in [0, 0.1) is 5.92 Å². The summed E-state index contributed by atoms with van der Waals surface area (Å²) >= 11 is 5.92. The number of nitrogens with zero attached hydrogens (tertiary/aromatic N) is 2. The summed E-state index contributed by atoms with van der Waals surface area (Å²) in [5.74, 6) is 0.694. The van der Waals surface area contributed by atoms with E-state index in [2.05, 4.69) is 10.2 Å². The highest BCUT2D eigenvalue weighted by molar-refractivity contribution is 7.89. The highest BCUT2D eigenvalue weighted by Crippen LogP contribution is 2.21. The van der Waals surface area contributed by atoms with Gasteiger partial charge in [0, 0.05) is 37.7 Å². The molecular weight excluding hydrogens is 369 g/mol. The Morgan fingerprint density at radius 2 is 1.96 bits per heavy atom. The number of nitrogens with one attached hydrogen (secondary N) is 1. The van der Waals surface area contributed by atoms with Crippen molar-refractivity contribution in [1.82, 2.24) is 14.5 Å². The second-order valence-corrected chi connectivity index (χ2v) is 8.75. The Labute approximate surface area is 155 Å². The van der Waals surface area contributed by atoms with Crippen LogP contribution in [-0.4, -0.2) is 63.4 Å². The van der Waals surface area contributed by atoms with Crippen LogP contribution in [0.3, 0.4) is 0 Å². The van der Waals surface area contributed by atoms with Crippen molar-refractivity contribution in [3.8, 4) is 0 Å². The van der Waals surface area contributed by atoms with Crippen molar-refractivity contribution in [3.05, 3.63) is 29.3 Å². The number of sulfonamides is 1. The lowest BCUT2D eigenvalue weighted by atomic mass is 9.99. The minimum Gasteiger partial charge on any atom is -0.316 e. The lowest BCUT2D eigenvalue weighted by Crippen LogP contribution is -2.50. The van der Waals surface area contributed by atoms with E-state index in [1.165, 1.54) is 18.9 Å². The van der Waals surface area contributed by atoms with E-state index < -0.39 is 10.0 Å². The van der Waals surface area contributed by atoms with Gasteiger partial charge in [-0.15, -0.1) is 12.4 Å². The van der Waals surface area contributed by atoms with Gasteiger partial charge in [-0.3, -0.25) is 0 Å². The van der Waals surface area contributed by atoms with Crippen LogP contribution in [0.5, 0.6) is 0 Å². The minimum atomic E-state index is -3.43. The summed E-state index contributed by atoms with van der Waals surface area (Å²) < 4.78 is 26.9. The van der Waals surface area contributed by atoms with Gasteiger partial charge in [-0.05, 0) is 50.0 Å². The lowest BCUT2D eigenvalue weighted by Gasteiger charge is -2.36. The number of piperazine rings is 1. The molecule has 136 valence electrons. The Balaban J connectivity index is 0.00000208. The van der Waals surface area contributed by atoms with Crippen LogP contribution in [0.15, 0.2) is 29.2 Å². The van der Waals surface area contributed by atoms with E-state index in [1.54, 1.807) is 22.5 Å². The quantitative estimate of drug-likeness (QED) is 0.850. The molecular formula is C16H25Cl2N3O2S. The van der Waals surface area contributed by atoms with E-state index in [1.807, 2.05) is 0 Å². The Kier molecular flexibility index (Phi) is 7.34. The fraction of sp³-hybridized carbons (Fsp3) is 0.625. The average molecular weight is 394 g/mol. The predicted octanol–water partition coefficient (Wildman–Crippen LogP) is 2.07. The second kappa shape index (κ2) is 8.83. The van der Waals surface area contributed by atoms with Crippen molar-refractivity contribution >= 4 is 34.0 Å². The van der Waals surface area contributed by atoms with Gasteiger partial charge in [0.15, 0.2) is 0 Å². The molecule has 0 aromatic heterocycles. The monoisotopic (exact) mass is 393 g/mol. The summed E-state index contributed by atoms with van der Waals surface area (Å²) in [7, 11) is -3.43. The van der Waals surface area contributed by atoms with Crippen molar-refractivity contribution in [2.45, 2.75) is 17.7 Å². The maximum atomic E-state index is 12.7. The van der Waals surface area contributed by atoms with Crippen molar-refractivity contribution in [2.24, 2.45) is 5.92 Å². The maximum absolute atomic E-state index is 12.7. The second-order valence-electron chi connectivity index (χ2n) is 6.37. The Hall–Kier alpha value is -0.370. The first-order valence-corrected chi connectivity index (χ1v) is 10.1. The molecule has 1 atom stereocenters. The smallest absolute Gasteiger partial charge is 0.243 e. The largest absolute Gasteiger partial charge is 0.316 e. The van der Waals surface area contributed by atoms with E-state index in [0.717, 1.165) is 32.7 Å². The first-order chi connectivity index (χ1) is 11.1. The average Bonchev–Trinajstić information content (AvgIpc) is 2.56. The van der Waals surface area contributed by atoms with Crippen molar-refractivity contribution in [2.75, 3.05) is 45.8 Å². The van der Waals surface area contributed by atoms with Crippen molar-refractivity contribution in [3.63, 3.8) is 0 Å². The zero-order chi connectivity index (χ0) is 16.3. The third-order valence-corrected chi connectivity index (χ3v) is 6.81. The fourth-order valence-corrected chi connectivity index (χ4v) is 5.10. The summed E-state index contributed by atoms with van der Waals surface area (Å²) in [6.45, 7) is 5.98. The third kappa shape index (κ3) is 4.84. The van der Waals surface area contributed by atoms with E-state index in [0.29, 0.717) is 24.0 Å². The van der Waals surface area contributed by atoms with E-state index in [-0.39, 0.29) is 17.3 Å². The Morgan fingerprint density at radius 1 is 1.21 bits per heavy atom. The zero-order valence-corrected chi connectivity index (χ0v) is 16.0. The number of benzene rings is 1. The maximum Gasteiger partial charge on any atom is 0.243 e. The molecule has 0 saturated carbocycles.